The number of ether oxygens (including phenoxy) is 2. The minimum atomic E-state index is -0.286. The van der Waals surface area contributed by atoms with Crippen molar-refractivity contribution in [2.24, 2.45) is 0 Å². The molecule has 8 heteroatoms. The van der Waals surface area contributed by atoms with E-state index in [1.807, 2.05) is 29.6 Å². The highest BCUT2D eigenvalue weighted by molar-refractivity contribution is 7.20. The van der Waals surface area contributed by atoms with Crippen LogP contribution in [0.1, 0.15) is 0 Å². The molecule has 124 valence electrons. The molecule has 0 radical (unpaired) electrons. The van der Waals surface area contributed by atoms with Gasteiger partial charge in [-0.05, 0) is 24.3 Å². The number of thiazole rings is 1. The standard InChI is InChI=1S/C16H13ClN2O3S2/c1-21-11-4-2-3-5-12(11)22-8-15(20)19-16-18-10(9-23-16)13-6-7-14(17)24-13/h2-7,9H,8H2,1H3,(H,18,19,20). The van der Waals surface area contributed by atoms with Crippen molar-refractivity contribution in [3.05, 3.63) is 46.1 Å². The van der Waals surface area contributed by atoms with Crippen LogP contribution in [0.2, 0.25) is 4.34 Å². The summed E-state index contributed by atoms with van der Waals surface area (Å²) in [5, 5.41) is 5.11. The molecule has 1 N–H and O–H groups in total. The Morgan fingerprint density at radius 3 is 2.75 bits per heavy atom. The molecule has 3 aromatic rings. The molecule has 0 aliphatic heterocycles. The second kappa shape index (κ2) is 7.65. The fourth-order valence-corrected chi connectivity index (χ4v) is 3.74. The Kier molecular flexibility index (Phi) is 5.34. The first-order chi connectivity index (χ1) is 11.7. The zero-order valence-corrected chi connectivity index (χ0v) is 15.0. The molecule has 0 saturated carbocycles. The lowest BCUT2D eigenvalue weighted by Gasteiger charge is -2.09. The van der Waals surface area contributed by atoms with E-state index in [4.69, 9.17) is 21.1 Å². The summed E-state index contributed by atoms with van der Waals surface area (Å²) in [6.07, 6.45) is 0. The van der Waals surface area contributed by atoms with Crippen LogP contribution < -0.4 is 14.8 Å². The summed E-state index contributed by atoms with van der Waals surface area (Å²) in [5.41, 5.74) is 0.790. The zero-order valence-electron chi connectivity index (χ0n) is 12.6. The maximum absolute atomic E-state index is 12.0. The number of hydrogen-bond donors (Lipinski definition) is 1. The van der Waals surface area contributed by atoms with Crippen molar-refractivity contribution in [1.82, 2.24) is 4.98 Å². The number of methoxy groups -OCH3 is 1. The predicted molar refractivity (Wildman–Crippen MR) is 97.6 cm³/mol. The maximum atomic E-state index is 12.0. The van der Waals surface area contributed by atoms with Crippen LogP contribution in [0, 0.1) is 0 Å². The molecule has 3 rings (SSSR count). The lowest BCUT2D eigenvalue weighted by Crippen LogP contribution is -2.20. The SMILES string of the molecule is COc1ccccc1OCC(=O)Nc1nc(-c2ccc(Cl)s2)cs1. The number of thiophene rings is 1. The van der Waals surface area contributed by atoms with Crippen LogP contribution in [0.4, 0.5) is 5.13 Å². The van der Waals surface area contributed by atoms with Crippen LogP contribution in [0.25, 0.3) is 10.6 Å². The summed E-state index contributed by atoms with van der Waals surface area (Å²) in [6, 6.07) is 10.9. The van der Waals surface area contributed by atoms with Crippen molar-refractivity contribution in [3.63, 3.8) is 0 Å². The van der Waals surface area contributed by atoms with Gasteiger partial charge < -0.3 is 9.47 Å². The zero-order chi connectivity index (χ0) is 16.9. The molecule has 0 aliphatic carbocycles. The molecule has 0 saturated heterocycles. The maximum Gasteiger partial charge on any atom is 0.264 e. The fourth-order valence-electron chi connectivity index (χ4n) is 1.93. The van der Waals surface area contributed by atoms with E-state index in [9.17, 15) is 4.79 Å². The molecule has 0 spiro atoms. The number of benzene rings is 1. The molecule has 0 aliphatic rings. The van der Waals surface area contributed by atoms with Gasteiger partial charge in [-0.3, -0.25) is 10.1 Å². The summed E-state index contributed by atoms with van der Waals surface area (Å²) in [6.45, 7) is -0.125. The average molecular weight is 381 g/mol. The monoisotopic (exact) mass is 380 g/mol. The highest BCUT2D eigenvalue weighted by atomic mass is 35.5. The highest BCUT2D eigenvalue weighted by Crippen LogP contribution is 2.32. The van der Waals surface area contributed by atoms with E-state index in [2.05, 4.69) is 10.3 Å². The molecule has 0 fully saturated rings. The smallest absolute Gasteiger partial charge is 0.264 e. The Labute approximate surface area is 151 Å². The molecule has 2 aromatic heterocycles. The molecule has 0 bridgehead atoms. The molecule has 0 unspecified atom stereocenters. The Bertz CT molecular complexity index is 847. The number of para-hydroxylation sites is 2. The van der Waals surface area contributed by atoms with Gasteiger partial charge in [-0.1, -0.05) is 23.7 Å². The van der Waals surface area contributed by atoms with Crippen LogP contribution in [0.3, 0.4) is 0 Å². The number of amides is 1. The lowest BCUT2D eigenvalue weighted by atomic mass is 10.3. The largest absolute Gasteiger partial charge is 0.493 e. The van der Waals surface area contributed by atoms with Gasteiger partial charge >= 0.3 is 0 Å². The molecule has 2 heterocycles. The molecule has 1 aromatic carbocycles. The van der Waals surface area contributed by atoms with Gasteiger partial charge in [-0.2, -0.15) is 0 Å². The van der Waals surface area contributed by atoms with Crippen molar-refractivity contribution in [2.75, 3.05) is 19.0 Å². The van der Waals surface area contributed by atoms with Gasteiger partial charge in [0.1, 0.15) is 0 Å². The fraction of sp³-hybridized carbons (Fsp3) is 0.125. The Balaban J connectivity index is 1.58. The average Bonchev–Trinajstić information content (AvgIpc) is 3.22. The number of anilines is 1. The summed E-state index contributed by atoms with van der Waals surface area (Å²) < 4.78 is 11.4. The summed E-state index contributed by atoms with van der Waals surface area (Å²) >= 11 is 8.72. The molecule has 0 atom stereocenters. The van der Waals surface area contributed by atoms with Crippen LogP contribution in [0.15, 0.2) is 41.8 Å². The normalized spacial score (nSPS) is 10.4. The highest BCUT2D eigenvalue weighted by Gasteiger charge is 2.11. The number of carbonyl (C=O) groups excluding carboxylic acids is 1. The number of carbonyl (C=O) groups is 1. The number of halogens is 1. The summed E-state index contributed by atoms with van der Waals surface area (Å²) in [5.74, 6) is 0.811. The molecular formula is C16H13ClN2O3S2. The first-order valence-corrected chi connectivity index (χ1v) is 9.00. The number of aromatic nitrogens is 1. The van der Waals surface area contributed by atoms with Crippen LogP contribution >= 0.6 is 34.3 Å². The van der Waals surface area contributed by atoms with Crippen molar-refractivity contribution < 1.29 is 14.3 Å². The van der Waals surface area contributed by atoms with Crippen LogP contribution in [0.5, 0.6) is 11.5 Å². The van der Waals surface area contributed by atoms with Crippen LogP contribution in [-0.2, 0) is 4.79 Å². The third-order valence-corrected chi connectivity index (χ3v) is 5.02. The van der Waals surface area contributed by atoms with E-state index in [1.165, 1.54) is 22.7 Å². The van der Waals surface area contributed by atoms with Crippen molar-refractivity contribution >= 4 is 45.3 Å². The van der Waals surface area contributed by atoms with Crippen LogP contribution in [-0.4, -0.2) is 24.6 Å². The Hall–Kier alpha value is -2.09. The number of rotatable bonds is 6. The lowest BCUT2D eigenvalue weighted by molar-refractivity contribution is -0.118. The molecular weight excluding hydrogens is 368 g/mol. The first-order valence-electron chi connectivity index (χ1n) is 6.92. The van der Waals surface area contributed by atoms with E-state index in [0.29, 0.717) is 21.0 Å². The van der Waals surface area contributed by atoms with Gasteiger partial charge in [0.05, 0.1) is 22.0 Å². The molecule has 1 amide bonds. The Morgan fingerprint density at radius 2 is 2.04 bits per heavy atom. The first kappa shape index (κ1) is 16.8. The number of nitrogens with one attached hydrogen (secondary N) is 1. The van der Waals surface area contributed by atoms with Gasteiger partial charge in [0.2, 0.25) is 0 Å². The predicted octanol–water partition coefficient (Wildman–Crippen LogP) is 4.55. The van der Waals surface area contributed by atoms with Gasteiger partial charge in [-0.15, -0.1) is 22.7 Å². The second-order valence-corrected chi connectivity index (χ2v) is 7.20. The Morgan fingerprint density at radius 1 is 1.25 bits per heavy atom. The third-order valence-electron chi connectivity index (χ3n) is 3.00. The minimum absolute atomic E-state index is 0.125. The number of hydrogen-bond acceptors (Lipinski definition) is 6. The summed E-state index contributed by atoms with van der Waals surface area (Å²) in [4.78, 5) is 17.3. The van der Waals surface area contributed by atoms with E-state index in [-0.39, 0.29) is 12.5 Å². The quantitative estimate of drug-likeness (QED) is 0.681. The molecule has 5 nitrogen and oxygen atoms in total. The van der Waals surface area contributed by atoms with Crippen molar-refractivity contribution in [2.45, 2.75) is 0 Å². The van der Waals surface area contributed by atoms with Gasteiger partial charge in [0, 0.05) is 5.38 Å². The van der Waals surface area contributed by atoms with Gasteiger partial charge in [0.25, 0.3) is 5.91 Å². The van der Waals surface area contributed by atoms with Crippen molar-refractivity contribution in [1.29, 1.82) is 0 Å². The van der Waals surface area contributed by atoms with E-state index in [0.717, 1.165) is 10.6 Å². The summed E-state index contributed by atoms with van der Waals surface area (Å²) in [7, 11) is 1.55. The topological polar surface area (TPSA) is 60.5 Å². The van der Waals surface area contributed by atoms with Gasteiger partial charge in [-0.25, -0.2) is 4.98 Å². The van der Waals surface area contributed by atoms with E-state index >= 15 is 0 Å². The minimum Gasteiger partial charge on any atom is -0.493 e. The van der Waals surface area contributed by atoms with E-state index < -0.39 is 0 Å². The van der Waals surface area contributed by atoms with E-state index in [1.54, 1.807) is 19.2 Å². The number of nitrogens with zero attached hydrogens (tertiary/aromatic N) is 1. The van der Waals surface area contributed by atoms with Crippen molar-refractivity contribution in [3.8, 4) is 22.1 Å². The second-order valence-electron chi connectivity index (χ2n) is 4.63. The van der Waals surface area contributed by atoms with Gasteiger partial charge in [0.15, 0.2) is 23.2 Å². The third kappa shape index (κ3) is 4.05. The molecule has 24 heavy (non-hydrogen) atoms.